The van der Waals surface area contributed by atoms with E-state index >= 15 is 0 Å². The monoisotopic (exact) mass is 345 g/mol. The first-order valence-corrected chi connectivity index (χ1v) is 6.81. The van der Waals surface area contributed by atoms with Gasteiger partial charge in [-0.15, -0.1) is 0 Å². The van der Waals surface area contributed by atoms with Crippen molar-refractivity contribution in [2.75, 3.05) is 5.32 Å². The summed E-state index contributed by atoms with van der Waals surface area (Å²) in [4.78, 5) is 0. The Morgan fingerprint density at radius 2 is 1.89 bits per heavy atom. The van der Waals surface area contributed by atoms with Crippen molar-refractivity contribution in [3.63, 3.8) is 0 Å². The average molecular weight is 347 g/mol. The van der Waals surface area contributed by atoms with E-state index in [9.17, 15) is 8.78 Å². The lowest BCUT2D eigenvalue weighted by atomic mass is 10.1. The molecule has 0 bridgehead atoms. The summed E-state index contributed by atoms with van der Waals surface area (Å²) in [6, 6.07) is 8.27. The maximum Gasteiger partial charge on any atom is 0.128 e. The second-order valence-corrected chi connectivity index (χ2v) is 5.45. The minimum absolute atomic E-state index is 0.270. The Bertz CT molecular complexity index is 604. The molecule has 2 aromatic carbocycles. The number of hydrogen-bond acceptors (Lipinski definition) is 1. The van der Waals surface area contributed by atoms with Crippen LogP contribution < -0.4 is 5.32 Å². The minimum atomic E-state index is -0.463. The molecule has 0 spiro atoms. The van der Waals surface area contributed by atoms with Crippen molar-refractivity contribution in [1.82, 2.24) is 0 Å². The molecule has 0 aromatic heterocycles. The summed E-state index contributed by atoms with van der Waals surface area (Å²) in [6.45, 7) is 1.76. The van der Waals surface area contributed by atoms with Gasteiger partial charge in [-0.1, -0.05) is 11.6 Å². The Hall–Kier alpha value is -1.13. The highest BCUT2D eigenvalue weighted by molar-refractivity contribution is 9.10. The number of benzene rings is 2. The highest BCUT2D eigenvalue weighted by Crippen LogP contribution is 2.30. The zero-order valence-corrected chi connectivity index (χ0v) is 12.4. The van der Waals surface area contributed by atoms with Crippen molar-refractivity contribution in [2.45, 2.75) is 13.0 Å². The number of rotatable bonds is 3. The molecule has 5 heteroatoms. The van der Waals surface area contributed by atoms with Crippen molar-refractivity contribution >= 4 is 33.2 Å². The van der Waals surface area contributed by atoms with E-state index in [4.69, 9.17) is 11.6 Å². The molecule has 0 heterocycles. The lowest BCUT2D eigenvalue weighted by Gasteiger charge is -2.17. The SMILES string of the molecule is CC(Nc1cc(Cl)ccc1Br)c1cc(F)ccc1F. The molecule has 0 aliphatic rings. The molecule has 1 N–H and O–H groups in total. The van der Waals surface area contributed by atoms with Gasteiger partial charge in [0.05, 0.1) is 11.7 Å². The number of anilines is 1. The summed E-state index contributed by atoms with van der Waals surface area (Å²) in [5.74, 6) is -0.908. The van der Waals surface area contributed by atoms with Crippen LogP contribution in [-0.2, 0) is 0 Å². The van der Waals surface area contributed by atoms with Gasteiger partial charge in [-0.25, -0.2) is 8.78 Å². The van der Waals surface area contributed by atoms with E-state index in [1.165, 1.54) is 6.07 Å². The predicted octanol–water partition coefficient (Wildman–Crippen LogP) is 5.55. The summed E-state index contributed by atoms with van der Waals surface area (Å²) in [7, 11) is 0. The fourth-order valence-corrected chi connectivity index (χ4v) is 2.30. The smallest absolute Gasteiger partial charge is 0.128 e. The molecule has 2 aromatic rings. The van der Waals surface area contributed by atoms with Crippen LogP contribution in [0.25, 0.3) is 0 Å². The van der Waals surface area contributed by atoms with Gasteiger partial charge >= 0.3 is 0 Å². The van der Waals surface area contributed by atoms with Crippen LogP contribution in [0.4, 0.5) is 14.5 Å². The normalized spacial score (nSPS) is 12.3. The van der Waals surface area contributed by atoms with Gasteiger partial charge in [0.1, 0.15) is 11.6 Å². The second-order valence-electron chi connectivity index (χ2n) is 4.16. The van der Waals surface area contributed by atoms with Crippen LogP contribution in [0.3, 0.4) is 0 Å². The van der Waals surface area contributed by atoms with Crippen molar-refractivity contribution in [1.29, 1.82) is 0 Å². The molecule has 0 amide bonds. The van der Waals surface area contributed by atoms with Gasteiger partial charge in [0.25, 0.3) is 0 Å². The molecule has 0 fully saturated rings. The molecule has 1 unspecified atom stereocenters. The first-order valence-electron chi connectivity index (χ1n) is 5.64. The molecular formula is C14H11BrClF2N. The zero-order chi connectivity index (χ0) is 14.0. The second kappa shape index (κ2) is 5.88. The molecule has 0 aliphatic carbocycles. The molecule has 19 heavy (non-hydrogen) atoms. The van der Waals surface area contributed by atoms with Crippen molar-refractivity contribution < 1.29 is 8.78 Å². The Kier molecular flexibility index (Phi) is 4.42. The zero-order valence-electron chi connectivity index (χ0n) is 10.1. The maximum atomic E-state index is 13.7. The van der Waals surface area contributed by atoms with Gasteiger partial charge < -0.3 is 5.32 Å². The summed E-state index contributed by atoms with van der Waals surface area (Å²) in [6.07, 6.45) is 0. The van der Waals surface area contributed by atoms with E-state index in [2.05, 4.69) is 21.2 Å². The molecule has 100 valence electrons. The third-order valence-electron chi connectivity index (χ3n) is 2.72. The Morgan fingerprint density at radius 1 is 1.16 bits per heavy atom. The third kappa shape index (κ3) is 3.45. The van der Waals surface area contributed by atoms with Crippen LogP contribution in [0, 0.1) is 11.6 Å². The van der Waals surface area contributed by atoms with Gasteiger partial charge in [-0.05, 0) is 59.3 Å². The van der Waals surface area contributed by atoms with Gasteiger partial charge in [-0.2, -0.15) is 0 Å². The molecular weight excluding hydrogens is 336 g/mol. The molecule has 0 saturated heterocycles. The lowest BCUT2D eigenvalue weighted by Crippen LogP contribution is -2.09. The Morgan fingerprint density at radius 3 is 2.63 bits per heavy atom. The number of nitrogens with one attached hydrogen (secondary N) is 1. The van der Waals surface area contributed by atoms with Crippen LogP contribution in [0.1, 0.15) is 18.5 Å². The van der Waals surface area contributed by atoms with E-state index in [1.807, 2.05) is 0 Å². The molecule has 2 rings (SSSR count). The molecule has 0 aliphatic heterocycles. The van der Waals surface area contributed by atoms with E-state index < -0.39 is 11.6 Å². The Labute approximate surface area is 123 Å². The third-order valence-corrected chi connectivity index (χ3v) is 3.65. The minimum Gasteiger partial charge on any atom is -0.377 e. The van der Waals surface area contributed by atoms with Gasteiger partial charge in [-0.3, -0.25) is 0 Å². The summed E-state index contributed by atoms with van der Waals surface area (Å²) in [5, 5.41) is 3.66. The summed E-state index contributed by atoms with van der Waals surface area (Å²) in [5.41, 5.74) is 0.996. The van der Waals surface area contributed by atoms with E-state index in [0.717, 1.165) is 22.3 Å². The van der Waals surface area contributed by atoms with Crippen molar-refractivity contribution in [3.05, 3.63) is 63.1 Å². The van der Waals surface area contributed by atoms with Crippen LogP contribution in [0.2, 0.25) is 5.02 Å². The quantitative estimate of drug-likeness (QED) is 0.768. The van der Waals surface area contributed by atoms with Gasteiger partial charge in [0.2, 0.25) is 0 Å². The highest BCUT2D eigenvalue weighted by Gasteiger charge is 2.13. The van der Waals surface area contributed by atoms with Gasteiger partial charge in [0.15, 0.2) is 0 Å². The Balaban J connectivity index is 2.27. The van der Waals surface area contributed by atoms with Crippen molar-refractivity contribution in [2.24, 2.45) is 0 Å². The van der Waals surface area contributed by atoms with Crippen LogP contribution >= 0.6 is 27.5 Å². The average Bonchev–Trinajstić information content (AvgIpc) is 2.36. The molecule has 0 radical (unpaired) electrons. The summed E-state index contributed by atoms with van der Waals surface area (Å²) >= 11 is 9.28. The maximum absolute atomic E-state index is 13.7. The molecule has 1 nitrogen and oxygen atoms in total. The first-order chi connectivity index (χ1) is 8.97. The predicted molar refractivity (Wildman–Crippen MR) is 77.5 cm³/mol. The lowest BCUT2D eigenvalue weighted by molar-refractivity contribution is 0.577. The van der Waals surface area contributed by atoms with Gasteiger partial charge in [0, 0.05) is 15.1 Å². The highest BCUT2D eigenvalue weighted by atomic mass is 79.9. The number of halogens is 4. The largest absolute Gasteiger partial charge is 0.377 e. The van der Waals surface area contributed by atoms with Crippen LogP contribution in [0.15, 0.2) is 40.9 Å². The summed E-state index contributed by atoms with van der Waals surface area (Å²) < 4.78 is 27.6. The van der Waals surface area contributed by atoms with Crippen LogP contribution in [0.5, 0.6) is 0 Å². The fourth-order valence-electron chi connectivity index (χ4n) is 1.77. The van der Waals surface area contributed by atoms with E-state index in [1.54, 1.807) is 25.1 Å². The fraction of sp³-hybridized carbons (Fsp3) is 0.143. The van der Waals surface area contributed by atoms with Crippen LogP contribution in [-0.4, -0.2) is 0 Å². The van der Waals surface area contributed by atoms with E-state index in [-0.39, 0.29) is 11.6 Å². The standard InChI is InChI=1S/C14H11BrClF2N/c1-8(11-7-10(17)3-5-13(11)18)19-14-6-9(16)2-4-12(14)15/h2-8,19H,1H3. The molecule has 1 atom stereocenters. The first kappa shape index (κ1) is 14.3. The number of hydrogen-bond donors (Lipinski definition) is 1. The molecule has 0 saturated carbocycles. The topological polar surface area (TPSA) is 12.0 Å². The van der Waals surface area contributed by atoms with E-state index in [0.29, 0.717) is 5.02 Å². The van der Waals surface area contributed by atoms with Crippen molar-refractivity contribution in [3.8, 4) is 0 Å².